The second-order valence-electron chi connectivity index (χ2n) is 4.31. The van der Waals surface area contributed by atoms with E-state index in [1.54, 1.807) is 6.07 Å². The highest BCUT2D eigenvalue weighted by molar-refractivity contribution is 7.16. The van der Waals surface area contributed by atoms with Crippen LogP contribution < -0.4 is 10.6 Å². The van der Waals surface area contributed by atoms with E-state index < -0.39 is 0 Å². The predicted molar refractivity (Wildman–Crippen MR) is 86.3 cm³/mol. The third-order valence-electron chi connectivity index (χ3n) is 2.84. The largest absolute Gasteiger partial charge is 0.354 e. The fourth-order valence-corrected chi connectivity index (χ4v) is 2.88. The van der Waals surface area contributed by atoms with Crippen molar-refractivity contribution in [3.63, 3.8) is 0 Å². The minimum Gasteiger partial charge on any atom is -0.354 e. The molecule has 0 amide bonds. The first-order chi connectivity index (χ1) is 10.2. The molecule has 0 saturated carbocycles. The molecule has 0 aliphatic carbocycles. The van der Waals surface area contributed by atoms with Crippen LogP contribution in [0, 0.1) is 5.82 Å². The van der Waals surface area contributed by atoms with Gasteiger partial charge in [0.05, 0.1) is 16.1 Å². The van der Waals surface area contributed by atoms with Gasteiger partial charge in [-0.15, -0.1) is 11.3 Å². The number of halogens is 2. The molecule has 0 unspecified atom stereocenters. The van der Waals surface area contributed by atoms with Gasteiger partial charge in [0.25, 0.3) is 0 Å². The number of nitrogens with zero attached hydrogens (tertiary/aromatic N) is 2. The third-order valence-corrected chi connectivity index (χ3v) is 3.96. The molecule has 21 heavy (non-hydrogen) atoms. The molecule has 2 heterocycles. The molecule has 2 N–H and O–H groups in total. The lowest BCUT2D eigenvalue weighted by Gasteiger charge is -2.10. The molecule has 3 aromatic rings. The van der Waals surface area contributed by atoms with E-state index in [1.165, 1.54) is 23.5 Å². The first-order valence-corrected chi connectivity index (χ1v) is 7.64. The fraction of sp³-hybridized carbons (Fsp3) is 0.143. The average molecular weight is 323 g/mol. The van der Waals surface area contributed by atoms with E-state index in [1.807, 2.05) is 18.4 Å². The van der Waals surface area contributed by atoms with Gasteiger partial charge >= 0.3 is 0 Å². The molecule has 0 atom stereocenters. The summed E-state index contributed by atoms with van der Waals surface area (Å²) in [5.74, 6) is 0.821. The van der Waals surface area contributed by atoms with Crippen LogP contribution in [0.2, 0.25) is 5.02 Å². The number of thiophene rings is 1. The smallest absolute Gasteiger partial charge is 0.226 e. The molecule has 1 aromatic carbocycles. The second-order valence-corrected chi connectivity index (χ2v) is 5.62. The Bertz CT molecular complexity index is 790. The summed E-state index contributed by atoms with van der Waals surface area (Å²) < 4.78 is 13.1. The summed E-state index contributed by atoms with van der Waals surface area (Å²) in [4.78, 5) is 9.75. The molecular weight excluding hydrogens is 311 g/mol. The van der Waals surface area contributed by atoms with E-state index in [0.29, 0.717) is 22.5 Å². The van der Waals surface area contributed by atoms with Crippen molar-refractivity contribution in [2.24, 2.45) is 0 Å². The minimum atomic E-state index is -0.373. The van der Waals surface area contributed by atoms with E-state index in [-0.39, 0.29) is 5.82 Å². The fourth-order valence-electron chi connectivity index (χ4n) is 1.91. The molecule has 0 spiro atoms. The number of rotatable bonds is 4. The quantitative estimate of drug-likeness (QED) is 0.733. The van der Waals surface area contributed by atoms with Crippen LogP contribution in [-0.4, -0.2) is 16.5 Å². The summed E-state index contributed by atoms with van der Waals surface area (Å²) in [6, 6.07) is 6.15. The maximum Gasteiger partial charge on any atom is 0.226 e. The molecule has 0 bridgehead atoms. The van der Waals surface area contributed by atoms with Crippen LogP contribution >= 0.6 is 22.9 Å². The van der Waals surface area contributed by atoms with Crippen LogP contribution in [0.3, 0.4) is 0 Å². The van der Waals surface area contributed by atoms with Gasteiger partial charge < -0.3 is 10.6 Å². The molecule has 0 aliphatic rings. The molecule has 0 saturated heterocycles. The van der Waals surface area contributed by atoms with Crippen LogP contribution in [0.1, 0.15) is 6.92 Å². The van der Waals surface area contributed by atoms with E-state index >= 15 is 0 Å². The van der Waals surface area contributed by atoms with Crippen LogP contribution in [0.4, 0.5) is 21.8 Å². The molecule has 2 aromatic heterocycles. The maximum absolute atomic E-state index is 13.1. The number of aromatic nitrogens is 2. The minimum absolute atomic E-state index is 0.307. The van der Waals surface area contributed by atoms with Gasteiger partial charge in [0.15, 0.2) is 0 Å². The zero-order valence-electron chi connectivity index (χ0n) is 11.2. The lowest BCUT2D eigenvalue weighted by atomic mass is 10.3. The lowest BCUT2D eigenvalue weighted by molar-refractivity contribution is 0.628. The summed E-state index contributed by atoms with van der Waals surface area (Å²) >= 11 is 7.58. The first-order valence-electron chi connectivity index (χ1n) is 6.38. The molecular formula is C14H12ClFN4S. The summed E-state index contributed by atoms with van der Waals surface area (Å²) in [5, 5.41) is 9.40. The Kier molecular flexibility index (Phi) is 3.90. The van der Waals surface area contributed by atoms with Crippen LogP contribution in [0.25, 0.3) is 10.2 Å². The van der Waals surface area contributed by atoms with E-state index in [9.17, 15) is 4.39 Å². The Morgan fingerprint density at radius 3 is 2.90 bits per heavy atom. The SMILES string of the molecule is CCNc1nc(Nc2ccc(F)cc2Cl)c2ccsc2n1. The monoisotopic (exact) mass is 322 g/mol. The van der Waals surface area contributed by atoms with Gasteiger partial charge in [0, 0.05) is 6.54 Å². The Morgan fingerprint density at radius 2 is 2.14 bits per heavy atom. The van der Waals surface area contributed by atoms with Crippen LogP contribution in [-0.2, 0) is 0 Å². The number of hydrogen-bond acceptors (Lipinski definition) is 5. The highest BCUT2D eigenvalue weighted by Crippen LogP contribution is 2.31. The van der Waals surface area contributed by atoms with Crippen molar-refractivity contribution in [3.05, 3.63) is 40.5 Å². The van der Waals surface area contributed by atoms with Crippen molar-refractivity contribution in [1.82, 2.24) is 9.97 Å². The molecule has 4 nitrogen and oxygen atoms in total. The van der Waals surface area contributed by atoms with Crippen molar-refractivity contribution < 1.29 is 4.39 Å². The number of nitrogens with one attached hydrogen (secondary N) is 2. The number of anilines is 3. The van der Waals surface area contributed by atoms with Gasteiger partial charge in [-0.25, -0.2) is 9.37 Å². The van der Waals surface area contributed by atoms with Gasteiger partial charge in [-0.1, -0.05) is 11.6 Å². The zero-order chi connectivity index (χ0) is 14.8. The highest BCUT2D eigenvalue weighted by Gasteiger charge is 2.10. The summed E-state index contributed by atoms with van der Waals surface area (Å²) in [6.45, 7) is 2.71. The van der Waals surface area contributed by atoms with Crippen LogP contribution in [0.5, 0.6) is 0 Å². The van der Waals surface area contributed by atoms with Gasteiger partial charge in [-0.3, -0.25) is 0 Å². The second kappa shape index (κ2) is 5.83. The molecule has 0 aliphatic heterocycles. The van der Waals surface area contributed by atoms with Gasteiger partial charge in [0.1, 0.15) is 16.5 Å². The van der Waals surface area contributed by atoms with Crippen LogP contribution in [0.15, 0.2) is 29.6 Å². The van der Waals surface area contributed by atoms with Crippen molar-refractivity contribution in [1.29, 1.82) is 0 Å². The Balaban J connectivity index is 2.04. The number of fused-ring (bicyclic) bond motifs is 1. The van der Waals surface area contributed by atoms with E-state index in [2.05, 4.69) is 20.6 Å². The van der Waals surface area contributed by atoms with E-state index in [0.717, 1.165) is 16.8 Å². The normalized spacial score (nSPS) is 10.8. The molecule has 7 heteroatoms. The number of hydrogen-bond donors (Lipinski definition) is 2. The average Bonchev–Trinajstić information content (AvgIpc) is 2.91. The highest BCUT2D eigenvalue weighted by atomic mass is 35.5. The zero-order valence-corrected chi connectivity index (χ0v) is 12.7. The summed E-state index contributed by atoms with van der Waals surface area (Å²) in [5.41, 5.74) is 0.603. The van der Waals surface area contributed by atoms with Gasteiger partial charge in [-0.2, -0.15) is 4.98 Å². The Morgan fingerprint density at radius 1 is 1.29 bits per heavy atom. The molecule has 0 radical (unpaired) electrons. The topological polar surface area (TPSA) is 49.8 Å². The van der Waals surface area contributed by atoms with Gasteiger partial charge in [0.2, 0.25) is 5.95 Å². The van der Waals surface area contributed by atoms with Crippen molar-refractivity contribution >= 4 is 50.6 Å². The summed E-state index contributed by atoms with van der Waals surface area (Å²) in [7, 11) is 0. The maximum atomic E-state index is 13.1. The number of benzene rings is 1. The van der Waals surface area contributed by atoms with Crippen molar-refractivity contribution in [2.45, 2.75) is 6.92 Å². The van der Waals surface area contributed by atoms with Gasteiger partial charge in [-0.05, 0) is 36.6 Å². The lowest BCUT2D eigenvalue weighted by Crippen LogP contribution is -2.04. The molecule has 0 fully saturated rings. The van der Waals surface area contributed by atoms with Crippen molar-refractivity contribution in [2.75, 3.05) is 17.2 Å². The third kappa shape index (κ3) is 2.91. The first kappa shape index (κ1) is 14.0. The standard InChI is InChI=1S/C14H12ClFN4S/c1-2-17-14-19-12(9-5-6-21-13(9)20-14)18-11-4-3-8(16)7-10(11)15/h3-7H,2H2,1H3,(H2,17,18,19,20). The van der Waals surface area contributed by atoms with E-state index in [4.69, 9.17) is 11.6 Å². The predicted octanol–water partition coefficient (Wildman–Crippen LogP) is 4.66. The Labute approximate surface area is 130 Å². The Hall–Kier alpha value is -1.92. The summed E-state index contributed by atoms with van der Waals surface area (Å²) in [6.07, 6.45) is 0. The van der Waals surface area contributed by atoms with Crippen molar-refractivity contribution in [3.8, 4) is 0 Å². The molecule has 108 valence electrons. The molecule has 3 rings (SSSR count).